The average Bonchev–Trinajstić information content (AvgIpc) is 2.82. The fourth-order valence-electron chi connectivity index (χ4n) is 2.42. The maximum Gasteiger partial charge on any atom is 0.218 e. The molecule has 0 atom stereocenters. The van der Waals surface area contributed by atoms with Crippen LogP contribution in [-0.2, 0) is 28.9 Å². The number of hydrogen-bond acceptors (Lipinski definition) is 4. The van der Waals surface area contributed by atoms with Crippen LogP contribution in [-0.4, -0.2) is 34.0 Å². The Morgan fingerprint density at radius 2 is 2.00 bits per heavy atom. The summed E-state index contributed by atoms with van der Waals surface area (Å²) < 4.78 is 28.5. The number of aromatic nitrogens is 3. The third kappa shape index (κ3) is 2.81. The van der Waals surface area contributed by atoms with E-state index in [1.807, 2.05) is 11.5 Å². The summed E-state index contributed by atoms with van der Waals surface area (Å²) in [6, 6.07) is 7.00. The first kappa shape index (κ1) is 14.5. The van der Waals surface area contributed by atoms with Gasteiger partial charge in [-0.3, -0.25) is 0 Å². The minimum absolute atomic E-state index is 0.0974. The lowest BCUT2D eigenvalue weighted by Gasteiger charge is -2.27. The summed E-state index contributed by atoms with van der Waals surface area (Å²) in [7, 11) is -3.42. The molecule has 1 aromatic carbocycles. The van der Waals surface area contributed by atoms with Crippen LogP contribution in [0.15, 0.2) is 24.3 Å². The molecule has 6 nitrogen and oxygen atoms in total. The van der Waals surface area contributed by atoms with Crippen LogP contribution in [0.1, 0.15) is 17.2 Å². The molecule has 1 aliphatic heterocycles. The molecule has 0 saturated heterocycles. The van der Waals surface area contributed by atoms with Crippen molar-refractivity contribution in [3.63, 3.8) is 0 Å². The van der Waals surface area contributed by atoms with Gasteiger partial charge in [0.05, 0.1) is 12.3 Å². The molecule has 2 heterocycles. The van der Waals surface area contributed by atoms with Crippen LogP contribution in [0, 0.1) is 6.92 Å². The van der Waals surface area contributed by atoms with Crippen LogP contribution in [0.2, 0.25) is 5.02 Å². The van der Waals surface area contributed by atoms with Gasteiger partial charge < -0.3 is 4.57 Å². The molecule has 0 fully saturated rings. The van der Waals surface area contributed by atoms with Crippen molar-refractivity contribution in [2.24, 2.45) is 0 Å². The predicted octanol–water partition coefficient (Wildman–Crippen LogP) is 1.59. The zero-order valence-corrected chi connectivity index (χ0v) is 13.1. The Kier molecular flexibility index (Phi) is 3.73. The van der Waals surface area contributed by atoms with E-state index in [0.29, 0.717) is 29.5 Å². The first-order chi connectivity index (χ1) is 9.97. The van der Waals surface area contributed by atoms with Gasteiger partial charge in [0.15, 0.2) is 0 Å². The van der Waals surface area contributed by atoms with Gasteiger partial charge >= 0.3 is 0 Å². The highest BCUT2D eigenvalue weighted by molar-refractivity contribution is 7.88. The van der Waals surface area contributed by atoms with Gasteiger partial charge in [-0.15, -0.1) is 10.2 Å². The van der Waals surface area contributed by atoms with Crippen LogP contribution in [0.25, 0.3) is 0 Å². The predicted molar refractivity (Wildman–Crippen MR) is 79.2 cm³/mol. The molecule has 0 radical (unpaired) electrons. The van der Waals surface area contributed by atoms with Crippen molar-refractivity contribution in [3.05, 3.63) is 46.5 Å². The summed E-state index contributed by atoms with van der Waals surface area (Å²) in [5, 5.41) is 8.48. The minimum Gasteiger partial charge on any atom is -0.313 e. The smallest absolute Gasteiger partial charge is 0.218 e. The lowest BCUT2D eigenvalue weighted by atomic mass is 10.2. The van der Waals surface area contributed by atoms with Crippen molar-refractivity contribution in [2.75, 3.05) is 6.54 Å². The summed E-state index contributed by atoms with van der Waals surface area (Å²) in [5.74, 6) is 1.40. The Labute approximate surface area is 128 Å². The molecule has 0 aliphatic carbocycles. The van der Waals surface area contributed by atoms with Gasteiger partial charge in [0, 0.05) is 18.1 Å². The van der Waals surface area contributed by atoms with Gasteiger partial charge in [-0.25, -0.2) is 8.42 Å². The van der Waals surface area contributed by atoms with Crippen molar-refractivity contribution in [1.29, 1.82) is 0 Å². The Bertz CT molecular complexity index is 772. The van der Waals surface area contributed by atoms with Crippen LogP contribution in [0.3, 0.4) is 0 Å². The first-order valence-electron chi connectivity index (χ1n) is 6.57. The number of benzene rings is 1. The topological polar surface area (TPSA) is 68.1 Å². The standard InChI is InChI=1S/C13H15ClN4O2S/c1-10-15-16-13-8-17(6-7-18(10)13)21(19,20)9-11-4-2-3-5-12(11)14/h2-5H,6-9H2,1H3. The molecule has 0 saturated carbocycles. The van der Waals surface area contributed by atoms with Gasteiger partial charge in [0.2, 0.25) is 10.0 Å². The van der Waals surface area contributed by atoms with Crippen LogP contribution < -0.4 is 0 Å². The molecule has 0 N–H and O–H groups in total. The zero-order chi connectivity index (χ0) is 15.0. The summed E-state index contributed by atoms with van der Waals surface area (Å²) in [4.78, 5) is 0. The van der Waals surface area contributed by atoms with Gasteiger partial charge in [-0.05, 0) is 18.6 Å². The number of rotatable bonds is 3. The van der Waals surface area contributed by atoms with Crippen molar-refractivity contribution >= 4 is 21.6 Å². The highest BCUT2D eigenvalue weighted by atomic mass is 35.5. The highest BCUT2D eigenvalue weighted by Gasteiger charge is 2.29. The lowest BCUT2D eigenvalue weighted by Crippen LogP contribution is -2.39. The molecule has 3 rings (SSSR count). The zero-order valence-electron chi connectivity index (χ0n) is 11.5. The van der Waals surface area contributed by atoms with Crippen molar-refractivity contribution in [2.45, 2.75) is 25.8 Å². The second-order valence-corrected chi connectivity index (χ2v) is 7.37. The molecule has 0 unspecified atom stereocenters. The van der Waals surface area contributed by atoms with Crippen LogP contribution >= 0.6 is 11.6 Å². The fraction of sp³-hybridized carbons (Fsp3) is 0.385. The Morgan fingerprint density at radius 3 is 2.76 bits per heavy atom. The van der Waals surface area contributed by atoms with E-state index >= 15 is 0 Å². The molecule has 0 spiro atoms. The van der Waals surface area contributed by atoms with Gasteiger partial charge in [0.1, 0.15) is 11.6 Å². The summed E-state index contributed by atoms with van der Waals surface area (Å²) in [6.45, 7) is 3.13. The highest BCUT2D eigenvalue weighted by Crippen LogP contribution is 2.22. The summed E-state index contributed by atoms with van der Waals surface area (Å²) in [5.41, 5.74) is 0.613. The number of sulfonamides is 1. The molecule has 8 heteroatoms. The van der Waals surface area contributed by atoms with Gasteiger partial charge in [-0.1, -0.05) is 29.8 Å². The van der Waals surface area contributed by atoms with Gasteiger partial charge in [0.25, 0.3) is 0 Å². The molecule has 21 heavy (non-hydrogen) atoms. The number of fused-ring (bicyclic) bond motifs is 1. The second kappa shape index (κ2) is 5.40. The van der Waals surface area contributed by atoms with Crippen molar-refractivity contribution < 1.29 is 8.42 Å². The maximum absolute atomic E-state index is 12.5. The first-order valence-corrected chi connectivity index (χ1v) is 8.56. The SMILES string of the molecule is Cc1nnc2n1CCN(S(=O)(=O)Cc1ccccc1Cl)C2. The van der Waals surface area contributed by atoms with Crippen molar-refractivity contribution in [1.82, 2.24) is 19.1 Å². The second-order valence-electron chi connectivity index (χ2n) is 5.00. The number of nitrogens with zero attached hydrogens (tertiary/aromatic N) is 4. The molecule has 0 bridgehead atoms. The largest absolute Gasteiger partial charge is 0.313 e. The molecular weight excluding hydrogens is 312 g/mol. The average molecular weight is 327 g/mol. The molecule has 1 aliphatic rings. The monoisotopic (exact) mass is 326 g/mol. The van der Waals surface area contributed by atoms with E-state index in [2.05, 4.69) is 10.2 Å². The Morgan fingerprint density at radius 1 is 1.24 bits per heavy atom. The number of aryl methyl sites for hydroxylation is 1. The summed E-state index contributed by atoms with van der Waals surface area (Å²) in [6.07, 6.45) is 0. The Balaban J connectivity index is 1.82. The van der Waals surface area contributed by atoms with E-state index in [-0.39, 0.29) is 12.3 Å². The molecule has 1 aromatic heterocycles. The van der Waals surface area contributed by atoms with E-state index in [4.69, 9.17) is 11.6 Å². The fourth-order valence-corrected chi connectivity index (χ4v) is 4.20. The van der Waals surface area contributed by atoms with Crippen LogP contribution in [0.4, 0.5) is 0 Å². The molecule has 0 amide bonds. The van der Waals surface area contributed by atoms with E-state index in [1.54, 1.807) is 24.3 Å². The number of hydrogen-bond donors (Lipinski definition) is 0. The van der Waals surface area contributed by atoms with E-state index in [0.717, 1.165) is 5.82 Å². The van der Waals surface area contributed by atoms with Gasteiger partial charge in [-0.2, -0.15) is 4.31 Å². The lowest BCUT2D eigenvalue weighted by molar-refractivity contribution is 0.333. The summed E-state index contributed by atoms with van der Waals surface area (Å²) >= 11 is 6.04. The third-order valence-corrected chi connectivity index (χ3v) is 5.74. The molecule has 112 valence electrons. The van der Waals surface area contributed by atoms with E-state index in [9.17, 15) is 8.42 Å². The normalized spacial score (nSPS) is 15.9. The van der Waals surface area contributed by atoms with Crippen molar-refractivity contribution in [3.8, 4) is 0 Å². The number of halogens is 1. The molecular formula is C13H15ClN4O2S. The maximum atomic E-state index is 12.5. The Hall–Kier alpha value is -1.44. The third-order valence-electron chi connectivity index (χ3n) is 3.59. The minimum atomic E-state index is -3.42. The quantitative estimate of drug-likeness (QED) is 0.859. The van der Waals surface area contributed by atoms with E-state index in [1.165, 1.54) is 4.31 Å². The van der Waals surface area contributed by atoms with Crippen LogP contribution in [0.5, 0.6) is 0 Å². The molecule has 2 aromatic rings. The van der Waals surface area contributed by atoms with E-state index < -0.39 is 10.0 Å².